The summed E-state index contributed by atoms with van der Waals surface area (Å²) in [6.07, 6.45) is 4.89. The van der Waals surface area contributed by atoms with Gasteiger partial charge in [0.05, 0.1) is 49.2 Å². The molecule has 0 saturated carbocycles. The van der Waals surface area contributed by atoms with Crippen LogP contribution in [0.3, 0.4) is 0 Å². The second kappa shape index (κ2) is 59.3. The van der Waals surface area contributed by atoms with E-state index < -0.39 is 0 Å². The summed E-state index contributed by atoms with van der Waals surface area (Å²) >= 11 is 38.1. The number of thiocarbonyl (C=S) groups is 6. The van der Waals surface area contributed by atoms with Gasteiger partial charge in [0.1, 0.15) is 23.8 Å². The predicted octanol–water partition coefficient (Wildman–Crippen LogP) is 6.21. The zero-order valence-electron chi connectivity index (χ0n) is 38.6. The second-order valence-electron chi connectivity index (χ2n) is 10.9. The van der Waals surface area contributed by atoms with Crippen molar-refractivity contribution in [2.45, 2.75) is 40.4 Å². The molecular weight excluding hydrogens is 1180 g/mol. The van der Waals surface area contributed by atoms with Gasteiger partial charge in [-0.05, 0) is 125 Å². The van der Waals surface area contributed by atoms with Crippen LogP contribution < -0.4 is 77.5 Å². The quantitative estimate of drug-likeness (QED) is 0.0420. The number of isothiocyanates is 2. The molecule has 0 spiro atoms. The predicted molar refractivity (Wildman–Crippen MR) is 299 cm³/mol. The van der Waals surface area contributed by atoms with E-state index in [9.17, 15) is 0 Å². The average molecular weight is 1240 g/mol. The molecule has 0 bridgehead atoms. The first-order valence-electron chi connectivity index (χ1n) is 17.5. The number of hydrogen-bond donors (Lipinski definition) is 4. The van der Waals surface area contributed by atoms with Crippen LogP contribution in [0.1, 0.15) is 38.1 Å². The van der Waals surface area contributed by atoms with E-state index in [0.29, 0.717) is 39.4 Å². The summed E-state index contributed by atoms with van der Waals surface area (Å²) in [5.74, 6) is 2.52. The molecule has 0 aliphatic rings. The van der Waals surface area contributed by atoms with Crippen molar-refractivity contribution in [2.24, 2.45) is 15.7 Å². The van der Waals surface area contributed by atoms with Gasteiger partial charge < -0.3 is 59.7 Å². The SMILES string of the molecule is BrBr.CC#N.CC#N.CCO.CN(C)C(=S)Cl.CN(C)C(=S)N=C=S.CN(C)C(=S)NC(=S)NCc1ccco1.CN(C)c1nc(=NCc2ccco2)ss1.NCc1ccco1.[K+].[N-]=C=S. The van der Waals surface area contributed by atoms with Gasteiger partial charge in [-0.1, -0.05) is 23.8 Å². The first-order chi connectivity index (χ1) is 30.8. The van der Waals surface area contributed by atoms with Crippen molar-refractivity contribution in [2.75, 3.05) is 67.9 Å². The van der Waals surface area contributed by atoms with Crippen molar-refractivity contribution >= 4 is 169 Å². The number of hydrogen-bond acceptors (Lipinski definition) is 18. The largest absolute Gasteiger partial charge is 1.00 e. The molecule has 0 saturated heterocycles. The van der Waals surface area contributed by atoms with Crippen molar-refractivity contribution in [3.63, 3.8) is 0 Å². The van der Waals surface area contributed by atoms with Crippen LogP contribution in [0.15, 0.2) is 78.4 Å². The third kappa shape index (κ3) is 58.3. The van der Waals surface area contributed by atoms with Crippen LogP contribution in [-0.4, -0.2) is 118 Å². The Labute approximate surface area is 492 Å². The molecule has 4 aromatic rings. The maximum Gasteiger partial charge on any atom is 1.00 e. The normalized spacial score (nSPS) is 8.18. The number of aliphatic imine (C=N–C) groups is 1. The van der Waals surface area contributed by atoms with Crippen molar-refractivity contribution in [1.29, 1.82) is 10.5 Å². The maximum atomic E-state index is 7.57. The minimum atomic E-state index is 0. The number of nitriles is 2. The molecule has 0 aromatic carbocycles. The number of furan rings is 3. The summed E-state index contributed by atoms with van der Waals surface area (Å²) in [5.41, 5.74) is 5.20. The molecule has 0 radical (unpaired) electrons. The summed E-state index contributed by atoms with van der Waals surface area (Å²) in [4.78, 5) is 20.2. The van der Waals surface area contributed by atoms with Gasteiger partial charge in [0, 0.05) is 105 Å². The molecule has 0 amide bonds. The standard InChI is InChI=1S/C9H11N3OS2.C9H13N3OS2.C5H7NO.C4H6N2S2.C3H6ClNS.2C2H3N.C2H6O.CNS.Br2.K/c1-12(2)9-11-8(14-15-9)10-6-7-4-3-5-13-7;1-12(2)9(15)11-8(14)10-6-7-4-3-5-13-7;6-4-5-2-1-3-7-5;1-6(2)4(8)5-3-7;1-5(2)3(4)6;3*1-2-3;2-1-3;1-2;/h3-5H,6H2,1-2H3;3-5H,6H2,1-2H3,(H2,10,11,14,15);1-3H,4,6H2;1-2H3;1-2H3;2*1H3;3H,2H2,1H3;;;/q;;;;;;;;-1;;+1. The molecule has 4 aromatic heterocycles. The number of rotatable bonds is 6. The Hall–Kier alpha value is -1.83. The Morgan fingerprint density at radius 1 is 0.864 bits per heavy atom. The molecule has 5 N–H and O–H groups in total. The molecule has 0 aliphatic carbocycles. The minimum Gasteiger partial charge on any atom is -0.753 e. The number of nitrogens with one attached hydrogen (secondary N) is 2. The molecule has 0 atom stereocenters. The number of halogens is 3. The van der Waals surface area contributed by atoms with E-state index in [4.69, 9.17) is 88.3 Å². The summed E-state index contributed by atoms with van der Waals surface area (Å²) in [6.45, 7) is 6.39. The van der Waals surface area contributed by atoms with Crippen LogP contribution in [0.5, 0.6) is 0 Å². The van der Waals surface area contributed by atoms with Gasteiger partial charge in [0.25, 0.3) is 0 Å². The Kier molecular flexibility index (Phi) is 70.4. The summed E-state index contributed by atoms with van der Waals surface area (Å²) in [6, 6.07) is 14.6. The smallest absolute Gasteiger partial charge is 0.753 e. The maximum absolute atomic E-state index is 7.57. The van der Waals surface area contributed by atoms with Gasteiger partial charge >= 0.3 is 51.4 Å². The third-order valence-corrected chi connectivity index (χ3v) is 9.17. The van der Waals surface area contributed by atoms with Crippen LogP contribution >= 0.6 is 134 Å². The number of aliphatic hydroxyl groups is 1. The van der Waals surface area contributed by atoms with Gasteiger partial charge in [-0.25, -0.2) is 4.99 Å². The molecule has 66 heavy (non-hydrogen) atoms. The molecule has 362 valence electrons. The van der Waals surface area contributed by atoms with Crippen LogP contribution in [-0.2, 0) is 19.6 Å². The van der Waals surface area contributed by atoms with Crippen LogP contribution in [0.25, 0.3) is 5.41 Å². The third-order valence-electron chi connectivity index (χ3n) is 5.00. The molecule has 0 unspecified atom stereocenters. The van der Waals surface area contributed by atoms with Crippen molar-refractivity contribution in [1.82, 2.24) is 30.3 Å². The summed E-state index contributed by atoms with van der Waals surface area (Å²) in [5, 5.41) is 41.2. The Bertz CT molecular complexity index is 1970. The molecule has 4 rings (SSSR count). The van der Waals surface area contributed by atoms with Gasteiger partial charge in [-0.15, -0.1) is 0 Å². The first-order valence-corrected chi connectivity index (χ1v) is 26.2. The fourth-order valence-electron chi connectivity index (χ4n) is 2.38. The fraction of sp³-hybridized carbons (Fsp3) is 0.405. The average Bonchev–Trinajstić information content (AvgIpc) is 4.12. The Balaban J connectivity index is -0.000000127. The van der Waals surface area contributed by atoms with Crippen molar-refractivity contribution < 1.29 is 69.7 Å². The topological polar surface area (TPSA) is 230 Å². The van der Waals surface area contributed by atoms with Crippen LogP contribution in [0.4, 0.5) is 5.13 Å². The van der Waals surface area contributed by atoms with E-state index in [1.54, 1.807) is 101 Å². The Morgan fingerprint density at radius 2 is 1.27 bits per heavy atom. The number of aromatic nitrogens is 1. The van der Waals surface area contributed by atoms with E-state index in [0.717, 1.165) is 27.2 Å². The van der Waals surface area contributed by atoms with Crippen molar-refractivity contribution in [3.8, 4) is 12.1 Å². The monoisotopic (exact) mass is 1230 g/mol. The molecular formula is C37H55Br2ClKN13O4S8. The molecule has 17 nitrogen and oxygen atoms in total. The summed E-state index contributed by atoms with van der Waals surface area (Å²) in [7, 11) is 18.1. The van der Waals surface area contributed by atoms with Crippen LogP contribution in [0, 0.1) is 22.7 Å². The van der Waals surface area contributed by atoms with Gasteiger partial charge in [-0.2, -0.15) is 25.7 Å². The second-order valence-corrected chi connectivity index (χ2v) is 15.4. The minimum absolute atomic E-state index is 0. The van der Waals surface area contributed by atoms with E-state index in [1.165, 1.54) is 19.0 Å². The van der Waals surface area contributed by atoms with E-state index in [1.807, 2.05) is 69.5 Å². The summed E-state index contributed by atoms with van der Waals surface area (Å²) < 4.78 is 15.6. The molecule has 0 aliphatic heterocycles. The van der Waals surface area contributed by atoms with E-state index in [-0.39, 0.29) is 58.0 Å². The zero-order valence-corrected chi connectivity index (χ0v) is 52.2. The zero-order chi connectivity index (χ0) is 51.6. The van der Waals surface area contributed by atoms with Crippen LogP contribution in [0.2, 0.25) is 0 Å². The number of nitrogens with zero attached hydrogens (tertiary/aromatic N) is 10. The number of aliphatic hydroxyl groups excluding tert-OH is 1. The van der Waals surface area contributed by atoms with Gasteiger partial charge in [0.15, 0.2) is 19.8 Å². The molecule has 4 heterocycles. The van der Waals surface area contributed by atoms with Gasteiger partial charge in [-0.3, -0.25) is 0 Å². The number of nitrogens with two attached hydrogens (primary N) is 1. The molecule has 29 heteroatoms. The first kappa shape index (κ1) is 78.3. The molecule has 0 fully saturated rings. The van der Waals surface area contributed by atoms with Gasteiger partial charge in [0.2, 0.25) is 9.91 Å². The van der Waals surface area contributed by atoms with E-state index in [2.05, 4.69) is 95.7 Å². The van der Waals surface area contributed by atoms with Crippen molar-refractivity contribution in [3.05, 3.63) is 82.7 Å². The van der Waals surface area contributed by atoms with E-state index >= 15 is 0 Å². The fourth-order valence-corrected chi connectivity index (χ4v) is 4.90. The number of anilines is 1. The Morgan fingerprint density at radius 3 is 1.55 bits per heavy atom.